The van der Waals surface area contributed by atoms with Crippen molar-refractivity contribution in [2.24, 2.45) is 0 Å². The summed E-state index contributed by atoms with van der Waals surface area (Å²) in [5.74, 6) is 0.318. The Bertz CT molecular complexity index is 1360. The van der Waals surface area contributed by atoms with Crippen LogP contribution in [0.4, 0.5) is 5.69 Å². The Kier molecular flexibility index (Phi) is 9.95. The van der Waals surface area contributed by atoms with Crippen molar-refractivity contribution in [3.63, 3.8) is 0 Å². The molecule has 0 aliphatic carbocycles. The third kappa shape index (κ3) is 7.08. The minimum absolute atomic E-state index is 0.0109. The topological polar surface area (TPSA) is 105 Å². The zero-order valence-corrected chi connectivity index (χ0v) is 23.7. The van der Waals surface area contributed by atoms with Gasteiger partial charge in [-0.2, -0.15) is 0 Å². The Hall–Kier alpha value is -4.05. The number of carbonyl (C=O) groups excluding carboxylic acids is 2. The van der Waals surface area contributed by atoms with E-state index in [1.807, 2.05) is 19.1 Å². The molecule has 10 heteroatoms. The Morgan fingerprint density at radius 2 is 1.41 bits per heavy atom. The van der Waals surface area contributed by atoms with E-state index in [2.05, 4.69) is 5.32 Å². The van der Waals surface area contributed by atoms with Gasteiger partial charge >= 0.3 is 0 Å². The second-order valence-electron chi connectivity index (χ2n) is 8.93. The number of carbonyl (C=O) groups is 2. The van der Waals surface area contributed by atoms with E-state index in [1.54, 1.807) is 62.6 Å². The van der Waals surface area contributed by atoms with Crippen molar-refractivity contribution in [2.45, 2.75) is 37.8 Å². The van der Waals surface area contributed by atoms with Gasteiger partial charge in [-0.15, -0.1) is 0 Å². The van der Waals surface area contributed by atoms with Gasteiger partial charge < -0.3 is 19.7 Å². The molecular weight excluding hydrogens is 518 g/mol. The number of ether oxygens (including phenoxy) is 2. The van der Waals surface area contributed by atoms with Gasteiger partial charge in [0.2, 0.25) is 11.8 Å². The molecule has 3 rings (SSSR count). The number of hydrogen-bond donors (Lipinski definition) is 1. The van der Waals surface area contributed by atoms with Gasteiger partial charge in [0.15, 0.2) is 0 Å². The van der Waals surface area contributed by atoms with E-state index in [9.17, 15) is 18.0 Å². The van der Waals surface area contributed by atoms with E-state index < -0.39 is 28.5 Å². The monoisotopic (exact) mass is 553 g/mol. The molecule has 0 fully saturated rings. The van der Waals surface area contributed by atoms with Crippen molar-refractivity contribution in [1.29, 1.82) is 0 Å². The number of nitrogens with zero attached hydrogens (tertiary/aromatic N) is 2. The number of sulfonamides is 1. The van der Waals surface area contributed by atoms with Gasteiger partial charge in [0.25, 0.3) is 10.0 Å². The number of anilines is 1. The highest BCUT2D eigenvalue weighted by Crippen LogP contribution is 2.26. The molecule has 1 atom stereocenters. The zero-order valence-electron chi connectivity index (χ0n) is 22.9. The van der Waals surface area contributed by atoms with E-state index in [0.717, 1.165) is 15.4 Å². The van der Waals surface area contributed by atoms with Crippen LogP contribution in [0.2, 0.25) is 0 Å². The average molecular weight is 554 g/mol. The average Bonchev–Trinajstić information content (AvgIpc) is 2.96. The lowest BCUT2D eigenvalue weighted by atomic mass is 10.1. The van der Waals surface area contributed by atoms with Crippen LogP contribution in [0.1, 0.15) is 24.5 Å². The fourth-order valence-electron chi connectivity index (χ4n) is 4.13. The fraction of sp³-hybridized carbons (Fsp3) is 0.310. The lowest BCUT2D eigenvalue weighted by molar-refractivity contribution is -0.140. The largest absolute Gasteiger partial charge is 0.497 e. The molecule has 0 aliphatic heterocycles. The summed E-state index contributed by atoms with van der Waals surface area (Å²) in [5.41, 5.74) is 2.05. The Labute approximate surface area is 230 Å². The summed E-state index contributed by atoms with van der Waals surface area (Å²) < 4.78 is 39.2. The van der Waals surface area contributed by atoms with Gasteiger partial charge in [-0.1, -0.05) is 36.8 Å². The van der Waals surface area contributed by atoms with Crippen LogP contribution >= 0.6 is 0 Å². The second-order valence-corrected chi connectivity index (χ2v) is 10.8. The summed E-state index contributed by atoms with van der Waals surface area (Å²) in [7, 11) is 0.417. The molecule has 2 amide bonds. The first kappa shape index (κ1) is 29.5. The van der Waals surface area contributed by atoms with Crippen LogP contribution in [0, 0.1) is 6.92 Å². The van der Waals surface area contributed by atoms with Crippen molar-refractivity contribution in [1.82, 2.24) is 10.2 Å². The third-order valence-electron chi connectivity index (χ3n) is 6.39. The van der Waals surface area contributed by atoms with Crippen LogP contribution in [-0.4, -0.2) is 59.0 Å². The van der Waals surface area contributed by atoms with Crippen molar-refractivity contribution >= 4 is 27.5 Å². The quantitative estimate of drug-likeness (QED) is 0.366. The first-order chi connectivity index (χ1) is 18.6. The lowest BCUT2D eigenvalue weighted by Gasteiger charge is -2.33. The Morgan fingerprint density at radius 1 is 0.872 bits per heavy atom. The molecule has 0 aromatic heterocycles. The molecule has 0 aliphatic rings. The van der Waals surface area contributed by atoms with Gasteiger partial charge in [0.1, 0.15) is 24.1 Å². The molecule has 3 aromatic rings. The standard InChI is InChI=1S/C29H35N3O6S/c1-6-27(29(34)30-3)31(19-22-9-13-24(37-4)14-10-22)28(33)20-32(23-11-7-21(2)8-12-23)39(35,36)26-17-15-25(38-5)16-18-26/h7-18,27H,6,19-20H2,1-5H3,(H,30,34). The van der Waals surface area contributed by atoms with Crippen LogP contribution < -0.4 is 19.1 Å². The van der Waals surface area contributed by atoms with Gasteiger partial charge in [-0.25, -0.2) is 8.42 Å². The molecule has 1 N–H and O–H groups in total. The zero-order chi connectivity index (χ0) is 28.6. The number of likely N-dealkylation sites (N-methyl/N-ethyl adjacent to an activating group) is 1. The number of nitrogens with one attached hydrogen (secondary N) is 1. The normalized spacial score (nSPS) is 11.8. The second kappa shape index (κ2) is 13.1. The minimum atomic E-state index is -4.15. The summed E-state index contributed by atoms with van der Waals surface area (Å²) in [6, 6.07) is 19.2. The third-order valence-corrected chi connectivity index (χ3v) is 8.18. The molecule has 0 saturated carbocycles. The van der Waals surface area contributed by atoms with Crippen molar-refractivity contribution < 1.29 is 27.5 Å². The van der Waals surface area contributed by atoms with Gasteiger partial charge in [-0.3, -0.25) is 13.9 Å². The number of rotatable bonds is 12. The molecule has 0 bridgehead atoms. The maximum atomic E-state index is 13.9. The number of amides is 2. The molecule has 0 spiro atoms. The fourth-order valence-corrected chi connectivity index (χ4v) is 5.54. The maximum Gasteiger partial charge on any atom is 0.264 e. The SMILES string of the molecule is CCC(C(=O)NC)N(Cc1ccc(OC)cc1)C(=O)CN(c1ccc(C)cc1)S(=O)(=O)c1ccc(OC)cc1. The lowest BCUT2D eigenvalue weighted by Crippen LogP contribution is -2.51. The smallest absolute Gasteiger partial charge is 0.264 e. The molecule has 9 nitrogen and oxygen atoms in total. The van der Waals surface area contributed by atoms with Crippen LogP contribution in [0.3, 0.4) is 0 Å². The van der Waals surface area contributed by atoms with Crippen molar-refractivity contribution in [3.8, 4) is 11.5 Å². The minimum Gasteiger partial charge on any atom is -0.497 e. The molecule has 1 unspecified atom stereocenters. The predicted molar refractivity (Wildman–Crippen MR) is 150 cm³/mol. The number of hydrogen-bond acceptors (Lipinski definition) is 6. The molecular formula is C29H35N3O6S. The highest BCUT2D eigenvalue weighted by atomic mass is 32.2. The van der Waals surface area contributed by atoms with Crippen LogP contribution in [0.15, 0.2) is 77.7 Å². The number of benzene rings is 3. The molecule has 0 radical (unpaired) electrons. The van der Waals surface area contributed by atoms with E-state index in [1.165, 1.54) is 31.2 Å². The predicted octanol–water partition coefficient (Wildman–Crippen LogP) is 3.76. The molecule has 3 aromatic carbocycles. The van der Waals surface area contributed by atoms with Crippen molar-refractivity contribution in [2.75, 3.05) is 32.1 Å². The first-order valence-corrected chi connectivity index (χ1v) is 14.0. The summed E-state index contributed by atoms with van der Waals surface area (Å²) >= 11 is 0. The number of methoxy groups -OCH3 is 2. The van der Waals surface area contributed by atoms with Crippen LogP contribution in [0.5, 0.6) is 11.5 Å². The van der Waals surface area contributed by atoms with Gasteiger partial charge in [-0.05, 0) is 67.4 Å². The molecule has 39 heavy (non-hydrogen) atoms. The Morgan fingerprint density at radius 3 is 1.90 bits per heavy atom. The van der Waals surface area contributed by atoms with Crippen LogP contribution in [-0.2, 0) is 26.2 Å². The summed E-state index contributed by atoms with van der Waals surface area (Å²) in [6.45, 7) is 3.31. The maximum absolute atomic E-state index is 13.9. The summed E-state index contributed by atoms with van der Waals surface area (Å²) in [5, 5.41) is 2.62. The Balaban J connectivity index is 2.04. The summed E-state index contributed by atoms with van der Waals surface area (Å²) in [4.78, 5) is 28.1. The van der Waals surface area contributed by atoms with Crippen LogP contribution in [0.25, 0.3) is 0 Å². The number of aryl methyl sites for hydroxylation is 1. The molecule has 0 saturated heterocycles. The first-order valence-electron chi connectivity index (χ1n) is 12.5. The van der Waals surface area contributed by atoms with E-state index in [0.29, 0.717) is 23.6 Å². The van der Waals surface area contributed by atoms with Gasteiger partial charge in [0, 0.05) is 13.6 Å². The summed E-state index contributed by atoms with van der Waals surface area (Å²) in [6.07, 6.45) is 0.345. The highest BCUT2D eigenvalue weighted by molar-refractivity contribution is 7.92. The highest BCUT2D eigenvalue weighted by Gasteiger charge is 2.33. The molecule has 0 heterocycles. The van der Waals surface area contributed by atoms with E-state index in [4.69, 9.17) is 9.47 Å². The van der Waals surface area contributed by atoms with Gasteiger partial charge in [0.05, 0.1) is 24.8 Å². The van der Waals surface area contributed by atoms with Crippen molar-refractivity contribution in [3.05, 3.63) is 83.9 Å². The molecule has 208 valence electrons. The van der Waals surface area contributed by atoms with E-state index in [-0.39, 0.29) is 17.3 Å². The van der Waals surface area contributed by atoms with E-state index >= 15 is 0 Å².